The Balaban J connectivity index is 1.15. The fourth-order valence-corrected chi connectivity index (χ4v) is 5.86. The molecule has 2 fully saturated rings. The number of benzene rings is 3. The van der Waals surface area contributed by atoms with Gasteiger partial charge >= 0.3 is 0 Å². The Hall–Kier alpha value is -3.39. The zero-order valence-corrected chi connectivity index (χ0v) is 23.7. The molecule has 208 valence electrons. The number of hydrogen-bond acceptors (Lipinski definition) is 5. The van der Waals surface area contributed by atoms with Crippen LogP contribution >= 0.6 is 11.6 Å². The minimum absolute atomic E-state index is 0.146. The molecule has 0 spiro atoms. The van der Waals surface area contributed by atoms with E-state index in [4.69, 9.17) is 21.1 Å². The predicted octanol–water partition coefficient (Wildman–Crippen LogP) is 6.25. The molecule has 3 aromatic carbocycles. The number of piperidine rings is 1. The van der Waals surface area contributed by atoms with Gasteiger partial charge in [0.25, 0.3) is 5.91 Å². The molecule has 1 aromatic heterocycles. The first-order chi connectivity index (χ1) is 19.5. The number of carbonyl (C=O) groups is 1. The molecule has 3 heterocycles. The SMILES string of the molecule is CC(C)[C@H](NC(=O)c1ccc2[nH]nc(-c3ccc(OC4CCN(C5COC5)CC4)cc3)c2c1)c1ccccc1Cl. The summed E-state index contributed by atoms with van der Waals surface area (Å²) < 4.78 is 11.6. The van der Waals surface area contributed by atoms with Crippen LogP contribution in [0.2, 0.25) is 5.02 Å². The van der Waals surface area contributed by atoms with Crippen molar-refractivity contribution in [3.8, 4) is 17.0 Å². The van der Waals surface area contributed by atoms with Crippen LogP contribution in [0.1, 0.15) is 48.7 Å². The maximum atomic E-state index is 13.4. The first-order valence-electron chi connectivity index (χ1n) is 14.1. The van der Waals surface area contributed by atoms with E-state index in [2.05, 4.69) is 34.3 Å². The predicted molar refractivity (Wildman–Crippen MR) is 158 cm³/mol. The number of likely N-dealkylation sites (tertiary alicyclic amines) is 1. The third kappa shape index (κ3) is 5.59. The van der Waals surface area contributed by atoms with Crippen LogP contribution in [0, 0.1) is 5.92 Å². The molecule has 1 atom stereocenters. The lowest BCUT2D eigenvalue weighted by molar-refractivity contribution is -0.0778. The van der Waals surface area contributed by atoms with Gasteiger partial charge in [0.2, 0.25) is 0 Å². The van der Waals surface area contributed by atoms with Crippen LogP contribution in [-0.4, -0.2) is 59.5 Å². The maximum absolute atomic E-state index is 13.4. The van der Waals surface area contributed by atoms with E-state index in [-0.39, 0.29) is 24.0 Å². The summed E-state index contributed by atoms with van der Waals surface area (Å²) in [7, 11) is 0. The van der Waals surface area contributed by atoms with Gasteiger partial charge in [-0.3, -0.25) is 14.8 Å². The molecule has 2 N–H and O–H groups in total. The van der Waals surface area contributed by atoms with Crippen molar-refractivity contribution < 1.29 is 14.3 Å². The lowest BCUT2D eigenvalue weighted by atomic mass is 9.95. The number of rotatable bonds is 8. The van der Waals surface area contributed by atoms with Crippen molar-refractivity contribution in [1.82, 2.24) is 20.4 Å². The smallest absolute Gasteiger partial charge is 0.251 e. The Bertz CT molecular complexity index is 1470. The summed E-state index contributed by atoms with van der Waals surface area (Å²) in [5.74, 6) is 0.892. The van der Waals surface area contributed by atoms with Gasteiger partial charge in [-0.25, -0.2) is 0 Å². The van der Waals surface area contributed by atoms with E-state index in [0.29, 0.717) is 16.6 Å². The molecular weight excluding hydrogens is 524 g/mol. The first-order valence-corrected chi connectivity index (χ1v) is 14.5. The normalized spacial score (nSPS) is 17.6. The number of hydrogen-bond donors (Lipinski definition) is 2. The monoisotopic (exact) mass is 558 g/mol. The summed E-state index contributed by atoms with van der Waals surface area (Å²) in [5.41, 5.74) is 4.14. The quantitative estimate of drug-likeness (QED) is 0.267. The first kappa shape index (κ1) is 26.8. The summed E-state index contributed by atoms with van der Waals surface area (Å²) in [6, 6.07) is 21.8. The Labute approximate surface area is 239 Å². The topological polar surface area (TPSA) is 79.5 Å². The molecule has 0 radical (unpaired) electrons. The summed E-state index contributed by atoms with van der Waals surface area (Å²) in [6.07, 6.45) is 2.29. The van der Waals surface area contributed by atoms with Gasteiger partial charge < -0.3 is 14.8 Å². The number of aromatic amines is 1. The zero-order valence-electron chi connectivity index (χ0n) is 22.9. The molecular formula is C32H35ClN4O3. The van der Waals surface area contributed by atoms with E-state index < -0.39 is 0 Å². The summed E-state index contributed by atoms with van der Waals surface area (Å²) in [4.78, 5) is 15.9. The van der Waals surface area contributed by atoms with E-state index in [9.17, 15) is 4.79 Å². The third-order valence-corrected chi connectivity index (χ3v) is 8.41. The van der Waals surface area contributed by atoms with Crippen LogP contribution in [0.15, 0.2) is 66.7 Å². The number of nitrogens with one attached hydrogen (secondary N) is 2. The van der Waals surface area contributed by atoms with Crippen LogP contribution in [0.3, 0.4) is 0 Å². The lowest BCUT2D eigenvalue weighted by Crippen LogP contribution is -2.52. The molecule has 0 saturated carbocycles. The minimum atomic E-state index is -0.201. The molecule has 2 aliphatic rings. The third-order valence-electron chi connectivity index (χ3n) is 8.06. The average molecular weight is 559 g/mol. The Morgan fingerprint density at radius 3 is 2.50 bits per heavy atom. The van der Waals surface area contributed by atoms with Crippen molar-refractivity contribution in [2.45, 2.75) is 44.9 Å². The highest BCUT2D eigenvalue weighted by atomic mass is 35.5. The highest BCUT2D eigenvalue weighted by Gasteiger charge is 2.30. The van der Waals surface area contributed by atoms with Crippen molar-refractivity contribution in [2.24, 2.45) is 5.92 Å². The van der Waals surface area contributed by atoms with Crippen LogP contribution < -0.4 is 10.1 Å². The zero-order chi connectivity index (χ0) is 27.6. The molecule has 1 amide bonds. The van der Waals surface area contributed by atoms with Crippen molar-refractivity contribution in [1.29, 1.82) is 0 Å². The van der Waals surface area contributed by atoms with Gasteiger partial charge in [0.1, 0.15) is 11.9 Å². The van der Waals surface area contributed by atoms with Gasteiger partial charge in [0.05, 0.1) is 36.5 Å². The number of aromatic nitrogens is 2. The van der Waals surface area contributed by atoms with Gasteiger partial charge in [-0.2, -0.15) is 5.10 Å². The Morgan fingerprint density at radius 2 is 1.82 bits per heavy atom. The summed E-state index contributed by atoms with van der Waals surface area (Å²) >= 11 is 6.46. The number of carbonyl (C=O) groups excluding carboxylic acids is 1. The van der Waals surface area contributed by atoms with E-state index >= 15 is 0 Å². The molecule has 6 rings (SSSR count). The highest BCUT2D eigenvalue weighted by Crippen LogP contribution is 2.31. The van der Waals surface area contributed by atoms with Gasteiger partial charge in [-0.1, -0.05) is 43.6 Å². The van der Waals surface area contributed by atoms with E-state index in [0.717, 1.165) is 72.6 Å². The second kappa shape index (κ2) is 11.6. The number of H-pyrrole nitrogens is 1. The molecule has 40 heavy (non-hydrogen) atoms. The van der Waals surface area contributed by atoms with Crippen molar-refractivity contribution in [2.75, 3.05) is 26.3 Å². The second-order valence-corrected chi connectivity index (χ2v) is 11.5. The number of fused-ring (bicyclic) bond motifs is 1. The number of amides is 1. The summed E-state index contributed by atoms with van der Waals surface area (Å²) in [6.45, 7) is 7.99. The molecule has 2 saturated heterocycles. The molecule has 7 nitrogen and oxygen atoms in total. The molecule has 0 bridgehead atoms. The van der Waals surface area contributed by atoms with E-state index in [1.54, 1.807) is 0 Å². The molecule has 8 heteroatoms. The number of halogens is 1. The summed E-state index contributed by atoms with van der Waals surface area (Å²) in [5, 5.41) is 12.4. The van der Waals surface area contributed by atoms with Crippen LogP contribution in [0.25, 0.3) is 22.2 Å². The van der Waals surface area contributed by atoms with Crippen LogP contribution in [0.4, 0.5) is 0 Å². The largest absolute Gasteiger partial charge is 0.490 e. The Kier molecular flexibility index (Phi) is 7.78. The minimum Gasteiger partial charge on any atom is -0.490 e. The van der Waals surface area contributed by atoms with Gasteiger partial charge in [-0.15, -0.1) is 0 Å². The maximum Gasteiger partial charge on any atom is 0.251 e. The van der Waals surface area contributed by atoms with Gasteiger partial charge in [0.15, 0.2) is 0 Å². The standard InChI is InChI=1S/C32H35ClN4O3/c1-20(2)30(26-5-3-4-6-28(26)33)34-32(38)22-9-12-29-27(17-22)31(36-35-29)21-7-10-24(11-8-21)40-25-13-15-37(16-14-25)23-18-39-19-23/h3-12,17,20,23,25,30H,13-16,18-19H2,1-2H3,(H,34,38)(H,35,36)/t30-/m0/s1. The van der Waals surface area contributed by atoms with Crippen molar-refractivity contribution >= 4 is 28.4 Å². The van der Waals surface area contributed by atoms with Crippen LogP contribution in [-0.2, 0) is 4.74 Å². The number of nitrogens with zero attached hydrogens (tertiary/aromatic N) is 2. The van der Waals surface area contributed by atoms with Crippen LogP contribution in [0.5, 0.6) is 5.75 Å². The van der Waals surface area contributed by atoms with Crippen molar-refractivity contribution in [3.63, 3.8) is 0 Å². The van der Waals surface area contributed by atoms with Gasteiger partial charge in [-0.05, 0) is 72.9 Å². The fraction of sp³-hybridized carbons (Fsp3) is 0.375. The molecule has 4 aromatic rings. The molecule has 2 aliphatic heterocycles. The molecule has 0 aliphatic carbocycles. The number of ether oxygens (including phenoxy) is 2. The van der Waals surface area contributed by atoms with E-state index in [1.807, 2.05) is 66.7 Å². The lowest BCUT2D eigenvalue weighted by Gasteiger charge is -2.41. The van der Waals surface area contributed by atoms with E-state index in [1.165, 1.54) is 0 Å². The molecule has 0 unspecified atom stereocenters. The van der Waals surface area contributed by atoms with Crippen molar-refractivity contribution in [3.05, 3.63) is 82.9 Å². The average Bonchev–Trinajstić information content (AvgIpc) is 3.36. The highest BCUT2D eigenvalue weighted by molar-refractivity contribution is 6.31. The fourth-order valence-electron chi connectivity index (χ4n) is 5.61. The second-order valence-electron chi connectivity index (χ2n) is 11.1. The Morgan fingerprint density at radius 1 is 1.07 bits per heavy atom. The van der Waals surface area contributed by atoms with Gasteiger partial charge in [0, 0.05) is 34.6 Å².